The molecule has 1 fully saturated rings. The number of nitro groups is 1. The van der Waals surface area contributed by atoms with Crippen molar-refractivity contribution in [2.45, 2.75) is 55.1 Å². The topological polar surface area (TPSA) is 137 Å². The monoisotopic (exact) mass is 840 g/mol. The van der Waals surface area contributed by atoms with E-state index in [0.29, 0.717) is 23.0 Å². The number of nitro benzene ring substituents is 1. The molecule has 0 saturated carbocycles. The van der Waals surface area contributed by atoms with Gasteiger partial charge in [-0.3, -0.25) is 19.8 Å². The second kappa shape index (κ2) is 19.2. The van der Waals surface area contributed by atoms with Crippen molar-refractivity contribution in [3.8, 4) is 11.1 Å². The molecule has 1 amide bonds. The maximum absolute atomic E-state index is 13.5. The Labute approximate surface area is 350 Å². The number of thioether (sulfide) groups is 1. The Balaban J connectivity index is 1.06. The number of sulfonamides is 1. The number of carbonyl (C=O) groups excluding carboxylic acids is 1. The van der Waals surface area contributed by atoms with Gasteiger partial charge in [-0.15, -0.1) is 11.8 Å². The fourth-order valence-electron chi connectivity index (χ4n) is 6.78. The molecule has 6 rings (SSSR count). The van der Waals surface area contributed by atoms with Gasteiger partial charge in [0.15, 0.2) is 4.90 Å². The Kier molecular flexibility index (Phi) is 14.1. The number of hydrogen-bond acceptors (Lipinski definition) is 10. The van der Waals surface area contributed by atoms with Gasteiger partial charge >= 0.3 is 0 Å². The van der Waals surface area contributed by atoms with Gasteiger partial charge in [-0.2, -0.15) is 0 Å². The summed E-state index contributed by atoms with van der Waals surface area (Å²) in [6.45, 7) is 11.0. The number of halogens is 1. The summed E-state index contributed by atoms with van der Waals surface area (Å²) < 4.78 is 29.0. The van der Waals surface area contributed by atoms with E-state index in [9.17, 15) is 23.3 Å². The Morgan fingerprint density at radius 2 is 1.55 bits per heavy atom. The largest absolute Gasteiger partial charge is 0.381 e. The molecule has 1 heterocycles. The molecule has 0 aromatic heterocycles. The van der Waals surface area contributed by atoms with E-state index in [2.05, 4.69) is 59.4 Å². The van der Waals surface area contributed by atoms with Crippen LogP contribution in [0.3, 0.4) is 0 Å². The molecule has 0 radical (unpaired) electrons. The van der Waals surface area contributed by atoms with E-state index in [-0.39, 0.29) is 17.1 Å². The summed E-state index contributed by atoms with van der Waals surface area (Å²) in [6.07, 6.45) is 0.719. The minimum absolute atomic E-state index is 0.0806. The molecule has 58 heavy (non-hydrogen) atoms. The average molecular weight is 842 g/mol. The van der Waals surface area contributed by atoms with Gasteiger partial charge in [-0.05, 0) is 111 Å². The number of hydrogen-bond donors (Lipinski definition) is 3. The average Bonchev–Trinajstić information content (AvgIpc) is 3.20. The molecule has 11 nitrogen and oxygen atoms in total. The molecule has 5 aromatic rings. The first kappa shape index (κ1) is 42.7. The SMILES string of the molecule is CC(C)(C)NCC[C@H](CSc1ccccc1)Nc1ccc(S(=O)(=O)NC(=O)c2ccc(N3CCN(Cc4ccccc4-c4ccc(Cl)cc4)CC3)cc2)c([N+](=O)[O-])c1. The highest BCUT2D eigenvalue weighted by molar-refractivity contribution is 7.99. The van der Waals surface area contributed by atoms with Crippen LogP contribution in [-0.2, 0) is 16.6 Å². The molecule has 0 spiro atoms. The van der Waals surface area contributed by atoms with Crippen molar-refractivity contribution in [3.63, 3.8) is 0 Å². The first-order valence-corrected chi connectivity index (χ1v) is 22.0. The zero-order valence-corrected chi connectivity index (χ0v) is 35.2. The summed E-state index contributed by atoms with van der Waals surface area (Å²) in [7, 11) is -4.60. The zero-order chi connectivity index (χ0) is 41.3. The zero-order valence-electron chi connectivity index (χ0n) is 32.9. The lowest BCUT2D eigenvalue weighted by Crippen LogP contribution is -2.46. The van der Waals surface area contributed by atoms with Crippen molar-refractivity contribution in [3.05, 3.63) is 148 Å². The molecule has 1 atom stereocenters. The highest BCUT2D eigenvalue weighted by Crippen LogP contribution is 2.30. The summed E-state index contributed by atoms with van der Waals surface area (Å²) in [6, 6.07) is 36.7. The lowest BCUT2D eigenvalue weighted by atomic mass is 9.99. The summed E-state index contributed by atoms with van der Waals surface area (Å²) in [5.74, 6) is -0.202. The number of benzene rings is 5. The van der Waals surface area contributed by atoms with Gasteiger partial charge < -0.3 is 15.5 Å². The first-order chi connectivity index (χ1) is 27.7. The molecule has 5 aromatic carbocycles. The molecular weight excluding hydrogens is 792 g/mol. The highest BCUT2D eigenvalue weighted by Gasteiger charge is 2.29. The van der Waals surface area contributed by atoms with E-state index in [1.807, 2.05) is 65.4 Å². The Bertz CT molecular complexity index is 2280. The molecule has 3 N–H and O–H groups in total. The van der Waals surface area contributed by atoms with Gasteiger partial charge in [-0.25, -0.2) is 13.1 Å². The Morgan fingerprint density at radius 1 is 0.879 bits per heavy atom. The number of nitrogens with one attached hydrogen (secondary N) is 3. The van der Waals surface area contributed by atoms with E-state index in [1.54, 1.807) is 36.0 Å². The van der Waals surface area contributed by atoms with Crippen LogP contribution in [0.5, 0.6) is 0 Å². The minimum atomic E-state index is -4.60. The third-order valence-corrected chi connectivity index (χ3v) is 12.6. The van der Waals surface area contributed by atoms with Crippen molar-refractivity contribution in [1.82, 2.24) is 14.9 Å². The van der Waals surface area contributed by atoms with Gasteiger partial charge in [0.1, 0.15) is 0 Å². The molecular formula is C44H49ClN6O5S2. The van der Waals surface area contributed by atoms with Crippen LogP contribution in [0.1, 0.15) is 43.1 Å². The van der Waals surface area contributed by atoms with Gasteiger partial charge in [0.2, 0.25) is 0 Å². The summed E-state index contributed by atoms with van der Waals surface area (Å²) in [5, 5.41) is 19.8. The number of piperazine rings is 1. The number of anilines is 2. The van der Waals surface area contributed by atoms with Gasteiger partial charge in [0.25, 0.3) is 21.6 Å². The molecule has 0 bridgehead atoms. The third-order valence-electron chi connectivity index (χ3n) is 9.82. The van der Waals surface area contributed by atoms with Crippen LogP contribution in [0.2, 0.25) is 5.02 Å². The van der Waals surface area contributed by atoms with Crippen LogP contribution in [-0.4, -0.2) is 74.2 Å². The van der Waals surface area contributed by atoms with Crippen LogP contribution in [0.4, 0.5) is 17.1 Å². The molecule has 1 aliphatic heterocycles. The normalized spacial score (nSPS) is 14.2. The van der Waals surface area contributed by atoms with E-state index in [4.69, 9.17) is 11.6 Å². The highest BCUT2D eigenvalue weighted by atomic mass is 35.5. The van der Waals surface area contributed by atoms with E-state index < -0.39 is 31.4 Å². The number of rotatable bonds is 16. The van der Waals surface area contributed by atoms with Crippen LogP contribution < -0.4 is 20.3 Å². The van der Waals surface area contributed by atoms with E-state index in [1.165, 1.54) is 29.3 Å². The molecule has 0 aliphatic carbocycles. The predicted octanol–water partition coefficient (Wildman–Crippen LogP) is 8.71. The maximum atomic E-state index is 13.5. The summed E-state index contributed by atoms with van der Waals surface area (Å²) in [5.41, 5.74) is 4.27. The number of amides is 1. The fourth-order valence-corrected chi connectivity index (χ4v) is 9.03. The molecule has 304 valence electrons. The number of carbonyl (C=O) groups is 1. The lowest BCUT2D eigenvalue weighted by Gasteiger charge is -2.36. The fraction of sp³-hybridized carbons (Fsp3) is 0.295. The van der Waals surface area contributed by atoms with Gasteiger partial charge in [0, 0.05) is 83.0 Å². The van der Waals surface area contributed by atoms with E-state index >= 15 is 0 Å². The van der Waals surface area contributed by atoms with Gasteiger partial charge in [0.05, 0.1) is 4.92 Å². The maximum Gasteiger partial charge on any atom is 0.291 e. The van der Waals surface area contributed by atoms with Crippen LogP contribution in [0.25, 0.3) is 11.1 Å². The Morgan fingerprint density at radius 3 is 2.22 bits per heavy atom. The van der Waals surface area contributed by atoms with Gasteiger partial charge in [-0.1, -0.05) is 66.2 Å². The van der Waals surface area contributed by atoms with Crippen molar-refractivity contribution in [2.24, 2.45) is 0 Å². The second-order valence-corrected chi connectivity index (χ2v) is 18.5. The van der Waals surface area contributed by atoms with Crippen LogP contribution in [0.15, 0.2) is 131 Å². The van der Waals surface area contributed by atoms with E-state index in [0.717, 1.165) is 55.3 Å². The lowest BCUT2D eigenvalue weighted by molar-refractivity contribution is -0.387. The van der Waals surface area contributed by atoms with Crippen molar-refractivity contribution in [1.29, 1.82) is 0 Å². The van der Waals surface area contributed by atoms with Crippen LogP contribution >= 0.6 is 23.4 Å². The minimum Gasteiger partial charge on any atom is -0.381 e. The molecule has 0 unspecified atom stereocenters. The summed E-state index contributed by atoms with van der Waals surface area (Å²) >= 11 is 7.78. The predicted molar refractivity (Wildman–Crippen MR) is 236 cm³/mol. The smallest absolute Gasteiger partial charge is 0.291 e. The Hall–Kier alpha value is -4.92. The first-order valence-electron chi connectivity index (χ1n) is 19.2. The quantitative estimate of drug-likeness (QED) is 0.0503. The molecule has 1 saturated heterocycles. The van der Waals surface area contributed by atoms with Crippen molar-refractivity contribution < 1.29 is 18.1 Å². The van der Waals surface area contributed by atoms with Crippen LogP contribution in [0, 0.1) is 10.1 Å². The summed E-state index contributed by atoms with van der Waals surface area (Å²) in [4.78, 5) is 29.8. The van der Waals surface area contributed by atoms with Crippen molar-refractivity contribution >= 4 is 56.4 Å². The second-order valence-electron chi connectivity index (χ2n) is 15.3. The number of nitrogens with zero attached hydrogens (tertiary/aromatic N) is 3. The standard InChI is InChI=1S/C44H49ClN6O5S2/c1-44(2,3)46-24-23-37(31-57-39-10-5-4-6-11-39)47-36-19-22-42(41(29-36)51(53)54)58(55,56)48-43(52)33-15-20-38(21-16-33)50-27-25-49(26-28-50)30-34-9-7-8-12-40(34)32-13-17-35(45)18-14-32/h4-22,29,37,46-47H,23-28,30-31H2,1-3H3,(H,48,52)/t37-/m1/s1. The molecule has 1 aliphatic rings. The third kappa shape index (κ3) is 11.8. The molecule has 14 heteroatoms. The van der Waals surface area contributed by atoms with Crippen molar-refractivity contribution in [2.75, 3.05) is 48.7 Å².